The fourth-order valence-corrected chi connectivity index (χ4v) is 2.60. The van der Waals surface area contributed by atoms with Gasteiger partial charge >= 0.3 is 0 Å². The maximum atomic E-state index is 3.45. The van der Waals surface area contributed by atoms with Gasteiger partial charge in [-0.2, -0.15) is 0 Å². The third-order valence-electron chi connectivity index (χ3n) is 3.58. The lowest BCUT2D eigenvalue weighted by Gasteiger charge is -2.09. The zero-order valence-electron chi connectivity index (χ0n) is 10.1. The van der Waals surface area contributed by atoms with Gasteiger partial charge in [0.05, 0.1) is 0 Å². The number of para-hydroxylation sites is 1. The van der Waals surface area contributed by atoms with Crippen molar-refractivity contribution in [3.8, 4) is 0 Å². The molecule has 0 saturated carbocycles. The third kappa shape index (κ3) is 2.05. The van der Waals surface area contributed by atoms with Crippen molar-refractivity contribution in [3.05, 3.63) is 59.7 Å². The van der Waals surface area contributed by atoms with Crippen LogP contribution in [0, 0.1) is 0 Å². The summed E-state index contributed by atoms with van der Waals surface area (Å²) in [7, 11) is 0. The summed E-state index contributed by atoms with van der Waals surface area (Å²) in [6.07, 6.45) is 2.52. The van der Waals surface area contributed by atoms with Crippen molar-refractivity contribution in [3.63, 3.8) is 0 Å². The molecular weight excluding hydrogens is 206 g/mol. The molecule has 0 aromatic heterocycles. The first-order chi connectivity index (χ1) is 8.33. The topological polar surface area (TPSA) is 12.0 Å². The monoisotopic (exact) mass is 223 g/mol. The van der Waals surface area contributed by atoms with E-state index < -0.39 is 0 Å². The highest BCUT2D eigenvalue weighted by Crippen LogP contribution is 2.34. The Hall–Kier alpha value is -1.76. The van der Waals surface area contributed by atoms with Gasteiger partial charge in [-0.05, 0) is 54.2 Å². The maximum Gasteiger partial charge on any atom is 0.0387 e. The van der Waals surface area contributed by atoms with Crippen LogP contribution >= 0.6 is 0 Å². The Bertz CT molecular complexity index is 516. The smallest absolute Gasteiger partial charge is 0.0387 e. The molecule has 1 heteroatoms. The molecule has 1 atom stereocenters. The number of hydrogen-bond donors (Lipinski definition) is 1. The van der Waals surface area contributed by atoms with Gasteiger partial charge in [0.1, 0.15) is 0 Å². The first kappa shape index (κ1) is 10.4. The van der Waals surface area contributed by atoms with Crippen LogP contribution in [0.1, 0.15) is 30.4 Å². The van der Waals surface area contributed by atoms with Crippen molar-refractivity contribution in [2.75, 3.05) is 5.32 Å². The largest absolute Gasteiger partial charge is 0.356 e. The first-order valence-corrected chi connectivity index (χ1v) is 6.28. The fraction of sp³-hybridized carbons (Fsp3) is 0.250. The van der Waals surface area contributed by atoms with Gasteiger partial charge in [0.2, 0.25) is 0 Å². The minimum Gasteiger partial charge on any atom is -0.356 e. The molecule has 1 aliphatic carbocycles. The number of nitrogens with one attached hydrogen (secondary N) is 1. The van der Waals surface area contributed by atoms with Crippen molar-refractivity contribution in [2.24, 2.45) is 0 Å². The van der Waals surface area contributed by atoms with E-state index in [2.05, 4.69) is 54.7 Å². The number of hydrogen-bond acceptors (Lipinski definition) is 1. The van der Waals surface area contributed by atoms with E-state index in [1.807, 2.05) is 6.07 Å². The van der Waals surface area contributed by atoms with Crippen molar-refractivity contribution in [1.29, 1.82) is 0 Å². The fourth-order valence-electron chi connectivity index (χ4n) is 2.60. The SMILES string of the molecule is CC1CCc2cc(Nc3ccccc3)ccc21. The molecule has 0 amide bonds. The van der Waals surface area contributed by atoms with Crippen LogP contribution in [0.25, 0.3) is 0 Å². The highest BCUT2D eigenvalue weighted by Gasteiger charge is 2.18. The molecule has 0 saturated heterocycles. The molecule has 17 heavy (non-hydrogen) atoms. The van der Waals surface area contributed by atoms with Gasteiger partial charge in [-0.1, -0.05) is 31.2 Å². The Morgan fingerprint density at radius 1 is 1.00 bits per heavy atom. The van der Waals surface area contributed by atoms with Gasteiger partial charge in [0, 0.05) is 11.4 Å². The molecular formula is C16H17N. The van der Waals surface area contributed by atoms with Crippen LogP contribution in [0.4, 0.5) is 11.4 Å². The van der Waals surface area contributed by atoms with Gasteiger partial charge < -0.3 is 5.32 Å². The van der Waals surface area contributed by atoms with Gasteiger partial charge in [-0.3, -0.25) is 0 Å². The first-order valence-electron chi connectivity index (χ1n) is 6.28. The van der Waals surface area contributed by atoms with Gasteiger partial charge in [-0.15, -0.1) is 0 Å². The van der Waals surface area contributed by atoms with Crippen LogP contribution in [0.2, 0.25) is 0 Å². The average molecular weight is 223 g/mol. The summed E-state index contributed by atoms with van der Waals surface area (Å²) in [6.45, 7) is 2.32. The quantitative estimate of drug-likeness (QED) is 0.791. The van der Waals surface area contributed by atoms with Crippen LogP contribution in [-0.4, -0.2) is 0 Å². The third-order valence-corrected chi connectivity index (χ3v) is 3.58. The Kier molecular flexibility index (Phi) is 2.60. The lowest BCUT2D eigenvalue weighted by atomic mass is 10.0. The molecule has 1 nitrogen and oxygen atoms in total. The number of anilines is 2. The molecule has 0 spiro atoms. The molecule has 0 radical (unpaired) electrons. The number of fused-ring (bicyclic) bond motifs is 1. The molecule has 0 fully saturated rings. The van der Waals surface area contributed by atoms with Crippen LogP contribution in [-0.2, 0) is 6.42 Å². The summed E-state index contributed by atoms with van der Waals surface area (Å²) in [5.41, 5.74) is 5.39. The second-order valence-corrected chi connectivity index (χ2v) is 4.84. The molecule has 0 heterocycles. The minimum absolute atomic E-state index is 0.732. The lowest BCUT2D eigenvalue weighted by Crippen LogP contribution is -1.92. The van der Waals surface area contributed by atoms with Crippen molar-refractivity contribution >= 4 is 11.4 Å². The predicted octanol–water partition coefficient (Wildman–Crippen LogP) is 4.48. The van der Waals surface area contributed by atoms with E-state index in [0.717, 1.165) is 11.6 Å². The Morgan fingerprint density at radius 2 is 1.82 bits per heavy atom. The molecule has 1 unspecified atom stereocenters. The zero-order valence-corrected chi connectivity index (χ0v) is 10.1. The highest BCUT2D eigenvalue weighted by molar-refractivity contribution is 5.61. The Morgan fingerprint density at radius 3 is 2.65 bits per heavy atom. The summed E-state index contributed by atoms with van der Waals surface area (Å²) < 4.78 is 0. The van der Waals surface area contributed by atoms with Crippen molar-refractivity contribution < 1.29 is 0 Å². The summed E-state index contributed by atoms with van der Waals surface area (Å²) in [5.74, 6) is 0.732. The molecule has 1 N–H and O–H groups in total. The average Bonchev–Trinajstić information content (AvgIpc) is 2.72. The van der Waals surface area contributed by atoms with E-state index in [-0.39, 0.29) is 0 Å². The van der Waals surface area contributed by atoms with E-state index in [1.54, 1.807) is 0 Å². The van der Waals surface area contributed by atoms with E-state index in [1.165, 1.54) is 29.7 Å². The standard InChI is InChI=1S/C16H17N/c1-12-7-8-13-11-15(9-10-16(12)13)17-14-5-3-2-4-6-14/h2-6,9-12,17H,7-8H2,1H3. The molecule has 1 aliphatic rings. The summed E-state index contributed by atoms with van der Waals surface area (Å²) >= 11 is 0. The minimum atomic E-state index is 0.732. The summed E-state index contributed by atoms with van der Waals surface area (Å²) in [4.78, 5) is 0. The van der Waals surface area contributed by atoms with Crippen LogP contribution < -0.4 is 5.32 Å². The summed E-state index contributed by atoms with van der Waals surface area (Å²) in [5, 5.41) is 3.45. The molecule has 0 aliphatic heterocycles. The number of aryl methyl sites for hydroxylation is 1. The van der Waals surface area contributed by atoms with E-state index in [9.17, 15) is 0 Å². The molecule has 0 bridgehead atoms. The Labute approximate surface area is 102 Å². The highest BCUT2D eigenvalue weighted by atomic mass is 14.9. The van der Waals surface area contributed by atoms with Gasteiger partial charge in [0.25, 0.3) is 0 Å². The van der Waals surface area contributed by atoms with E-state index in [0.29, 0.717) is 0 Å². The van der Waals surface area contributed by atoms with Gasteiger partial charge in [-0.25, -0.2) is 0 Å². The normalized spacial score (nSPS) is 17.8. The molecule has 86 valence electrons. The molecule has 2 aromatic carbocycles. The van der Waals surface area contributed by atoms with Crippen LogP contribution in [0.15, 0.2) is 48.5 Å². The second kappa shape index (κ2) is 4.25. The Balaban J connectivity index is 1.86. The summed E-state index contributed by atoms with van der Waals surface area (Å²) in [6, 6.07) is 17.1. The number of rotatable bonds is 2. The molecule has 2 aromatic rings. The number of benzene rings is 2. The van der Waals surface area contributed by atoms with E-state index >= 15 is 0 Å². The second-order valence-electron chi connectivity index (χ2n) is 4.84. The van der Waals surface area contributed by atoms with Crippen LogP contribution in [0.5, 0.6) is 0 Å². The van der Waals surface area contributed by atoms with Crippen molar-refractivity contribution in [2.45, 2.75) is 25.7 Å². The molecule has 3 rings (SSSR count). The zero-order chi connectivity index (χ0) is 11.7. The van der Waals surface area contributed by atoms with Gasteiger partial charge in [0.15, 0.2) is 0 Å². The van der Waals surface area contributed by atoms with Crippen molar-refractivity contribution in [1.82, 2.24) is 0 Å². The maximum absolute atomic E-state index is 3.45. The van der Waals surface area contributed by atoms with E-state index in [4.69, 9.17) is 0 Å². The lowest BCUT2D eigenvalue weighted by molar-refractivity contribution is 0.747. The van der Waals surface area contributed by atoms with Crippen LogP contribution in [0.3, 0.4) is 0 Å². The predicted molar refractivity (Wildman–Crippen MR) is 72.9 cm³/mol.